The molecule has 0 fully saturated rings. The van der Waals surface area contributed by atoms with E-state index in [-0.39, 0.29) is 30.7 Å². The summed E-state index contributed by atoms with van der Waals surface area (Å²) >= 11 is 1.74. The predicted molar refractivity (Wildman–Crippen MR) is 115 cm³/mol. The number of benzene rings is 1. The van der Waals surface area contributed by atoms with E-state index in [0.717, 1.165) is 22.8 Å². The molecule has 7 nitrogen and oxygen atoms in total. The molecule has 8 heteroatoms. The topological polar surface area (TPSA) is 87.7 Å². The Morgan fingerprint density at radius 3 is 2.69 bits per heavy atom. The molecule has 160 valence electrons. The summed E-state index contributed by atoms with van der Waals surface area (Å²) < 4.78 is 4.92. The minimum atomic E-state index is -0.482. The molecule has 1 aromatic carbocycles. The van der Waals surface area contributed by atoms with Gasteiger partial charge < -0.3 is 20.3 Å². The van der Waals surface area contributed by atoms with E-state index in [2.05, 4.69) is 24.5 Å². The minimum absolute atomic E-state index is 0.0451. The monoisotopic (exact) mass is 421 g/mol. The van der Waals surface area contributed by atoms with Crippen LogP contribution in [0.3, 0.4) is 0 Å². The number of nitrogens with one attached hydrogen (secondary N) is 2. The zero-order valence-electron chi connectivity index (χ0n) is 17.4. The van der Waals surface area contributed by atoms with Gasteiger partial charge in [-0.25, -0.2) is 4.79 Å². The lowest BCUT2D eigenvalue weighted by Crippen LogP contribution is -2.44. The van der Waals surface area contributed by atoms with E-state index >= 15 is 0 Å². The fourth-order valence-electron chi connectivity index (χ4n) is 3.21. The Balaban J connectivity index is 1.81. The van der Waals surface area contributed by atoms with Crippen molar-refractivity contribution in [3.05, 3.63) is 24.3 Å². The van der Waals surface area contributed by atoms with Crippen molar-refractivity contribution in [2.75, 3.05) is 30.3 Å². The highest BCUT2D eigenvalue weighted by Gasteiger charge is 2.23. The van der Waals surface area contributed by atoms with Crippen LogP contribution in [0.25, 0.3) is 0 Å². The van der Waals surface area contributed by atoms with Crippen molar-refractivity contribution in [3.8, 4) is 0 Å². The number of anilines is 1. The third-order valence-corrected chi connectivity index (χ3v) is 5.54. The van der Waals surface area contributed by atoms with Crippen molar-refractivity contribution in [3.63, 3.8) is 0 Å². The molecule has 2 rings (SSSR count). The molecule has 1 aliphatic heterocycles. The standard InChI is InChI=1S/C21H31N3O4S/c1-4-28-21(27)23-16(13-15(2)3)14-22-19(25)9-10-20(26)24-11-12-29-18-8-6-5-7-17(18)24/h5-8,15-16H,4,9-14H2,1-3H3,(H,22,25)(H,23,27). The number of thioether (sulfide) groups is 1. The minimum Gasteiger partial charge on any atom is -0.450 e. The SMILES string of the molecule is CCOC(=O)NC(CNC(=O)CCC(=O)N1CCSc2ccccc21)CC(C)C. The van der Waals surface area contributed by atoms with Gasteiger partial charge in [0.05, 0.1) is 12.3 Å². The molecular formula is C21H31N3O4S. The number of para-hydroxylation sites is 1. The van der Waals surface area contributed by atoms with Gasteiger partial charge in [-0.3, -0.25) is 9.59 Å². The lowest BCUT2D eigenvalue weighted by Gasteiger charge is -2.29. The molecule has 0 bridgehead atoms. The number of hydrogen-bond acceptors (Lipinski definition) is 5. The normalized spacial score (nSPS) is 14.1. The number of carbonyl (C=O) groups excluding carboxylic acids is 3. The Morgan fingerprint density at radius 2 is 1.97 bits per heavy atom. The first-order valence-corrected chi connectivity index (χ1v) is 11.1. The number of alkyl carbamates (subject to hydrolysis) is 1. The van der Waals surface area contributed by atoms with Crippen LogP contribution >= 0.6 is 11.8 Å². The molecule has 1 unspecified atom stereocenters. The number of rotatable bonds is 9. The summed E-state index contributed by atoms with van der Waals surface area (Å²) in [4.78, 5) is 39.4. The van der Waals surface area contributed by atoms with Crippen molar-refractivity contribution >= 4 is 35.4 Å². The van der Waals surface area contributed by atoms with Crippen LogP contribution in [0.5, 0.6) is 0 Å². The van der Waals surface area contributed by atoms with Crippen LogP contribution in [0, 0.1) is 5.92 Å². The van der Waals surface area contributed by atoms with Gasteiger partial charge in [0, 0.05) is 42.6 Å². The maximum Gasteiger partial charge on any atom is 0.407 e. The summed E-state index contributed by atoms with van der Waals surface area (Å²) in [6, 6.07) is 7.63. The molecule has 0 radical (unpaired) electrons. The second-order valence-corrected chi connectivity index (χ2v) is 8.49. The third kappa shape index (κ3) is 7.61. The number of fused-ring (bicyclic) bond motifs is 1. The molecule has 1 heterocycles. The zero-order valence-corrected chi connectivity index (χ0v) is 18.2. The van der Waals surface area contributed by atoms with Gasteiger partial charge >= 0.3 is 6.09 Å². The summed E-state index contributed by atoms with van der Waals surface area (Å²) in [7, 11) is 0. The average Bonchev–Trinajstić information content (AvgIpc) is 2.69. The van der Waals surface area contributed by atoms with Crippen molar-refractivity contribution in [2.45, 2.75) is 51.0 Å². The first kappa shape index (κ1) is 23.1. The highest BCUT2D eigenvalue weighted by molar-refractivity contribution is 7.99. The summed E-state index contributed by atoms with van der Waals surface area (Å²) in [6.45, 7) is 7.11. The van der Waals surface area contributed by atoms with E-state index in [1.165, 1.54) is 0 Å². The van der Waals surface area contributed by atoms with Crippen LogP contribution in [-0.2, 0) is 14.3 Å². The Hall–Kier alpha value is -2.22. The van der Waals surface area contributed by atoms with Gasteiger partial charge in [-0.05, 0) is 31.4 Å². The van der Waals surface area contributed by atoms with Crippen molar-refractivity contribution in [1.29, 1.82) is 0 Å². The van der Waals surface area contributed by atoms with Crippen LogP contribution in [0.4, 0.5) is 10.5 Å². The molecule has 29 heavy (non-hydrogen) atoms. The van der Waals surface area contributed by atoms with Crippen LogP contribution in [-0.4, -0.2) is 49.4 Å². The van der Waals surface area contributed by atoms with Crippen molar-refractivity contribution < 1.29 is 19.1 Å². The summed E-state index contributed by atoms with van der Waals surface area (Å²) in [6.07, 6.45) is 0.521. The molecule has 0 spiro atoms. The smallest absolute Gasteiger partial charge is 0.407 e. The Labute approximate surface area is 176 Å². The fraction of sp³-hybridized carbons (Fsp3) is 0.571. The molecule has 0 saturated heterocycles. The van der Waals surface area contributed by atoms with E-state index in [9.17, 15) is 14.4 Å². The lowest BCUT2D eigenvalue weighted by molar-refractivity contribution is -0.125. The van der Waals surface area contributed by atoms with Gasteiger partial charge in [0.1, 0.15) is 0 Å². The molecule has 0 aromatic heterocycles. The maximum atomic E-state index is 12.6. The van der Waals surface area contributed by atoms with E-state index < -0.39 is 6.09 Å². The van der Waals surface area contributed by atoms with Crippen molar-refractivity contribution in [1.82, 2.24) is 10.6 Å². The van der Waals surface area contributed by atoms with Crippen LogP contribution in [0.1, 0.15) is 40.0 Å². The quantitative estimate of drug-likeness (QED) is 0.639. The number of carbonyl (C=O) groups is 3. The van der Waals surface area contributed by atoms with Gasteiger partial charge in [0.2, 0.25) is 11.8 Å². The van der Waals surface area contributed by atoms with Crippen LogP contribution in [0.2, 0.25) is 0 Å². The first-order valence-electron chi connectivity index (χ1n) is 10.1. The molecule has 1 atom stereocenters. The van der Waals surface area contributed by atoms with E-state index in [1.807, 2.05) is 24.3 Å². The second kappa shape index (κ2) is 11.7. The predicted octanol–water partition coefficient (Wildman–Crippen LogP) is 3.18. The second-order valence-electron chi connectivity index (χ2n) is 7.36. The highest BCUT2D eigenvalue weighted by atomic mass is 32.2. The Kier molecular flexibility index (Phi) is 9.31. The molecule has 1 aromatic rings. The molecule has 0 aliphatic carbocycles. The van der Waals surface area contributed by atoms with Crippen LogP contribution in [0.15, 0.2) is 29.2 Å². The van der Waals surface area contributed by atoms with Crippen LogP contribution < -0.4 is 15.5 Å². The third-order valence-electron chi connectivity index (χ3n) is 4.49. The number of nitrogens with zero attached hydrogens (tertiary/aromatic N) is 1. The summed E-state index contributed by atoms with van der Waals surface area (Å²) in [5, 5.41) is 5.61. The Morgan fingerprint density at radius 1 is 1.21 bits per heavy atom. The molecular weight excluding hydrogens is 390 g/mol. The highest BCUT2D eigenvalue weighted by Crippen LogP contribution is 2.34. The van der Waals surface area contributed by atoms with E-state index in [0.29, 0.717) is 25.6 Å². The first-order chi connectivity index (χ1) is 13.9. The fourth-order valence-corrected chi connectivity index (χ4v) is 4.21. The van der Waals surface area contributed by atoms with E-state index in [4.69, 9.17) is 4.74 Å². The van der Waals surface area contributed by atoms with Gasteiger partial charge in [-0.15, -0.1) is 11.8 Å². The number of ether oxygens (including phenoxy) is 1. The zero-order chi connectivity index (χ0) is 21.2. The summed E-state index contributed by atoms with van der Waals surface area (Å²) in [5.74, 6) is 0.969. The molecule has 2 N–H and O–H groups in total. The average molecular weight is 422 g/mol. The van der Waals surface area contributed by atoms with Gasteiger partial charge in [0.15, 0.2) is 0 Å². The number of amides is 3. The molecule has 1 aliphatic rings. The van der Waals surface area contributed by atoms with Gasteiger partial charge in [-0.1, -0.05) is 26.0 Å². The van der Waals surface area contributed by atoms with E-state index in [1.54, 1.807) is 23.6 Å². The van der Waals surface area contributed by atoms with Gasteiger partial charge in [-0.2, -0.15) is 0 Å². The lowest BCUT2D eigenvalue weighted by atomic mass is 10.0. The maximum absolute atomic E-state index is 12.6. The Bertz CT molecular complexity index is 711. The summed E-state index contributed by atoms with van der Waals surface area (Å²) in [5.41, 5.74) is 0.921. The molecule has 3 amide bonds. The van der Waals surface area contributed by atoms with Crippen molar-refractivity contribution in [2.24, 2.45) is 5.92 Å². The number of hydrogen-bond donors (Lipinski definition) is 2. The largest absolute Gasteiger partial charge is 0.450 e. The molecule has 0 saturated carbocycles. The van der Waals surface area contributed by atoms with Gasteiger partial charge in [0.25, 0.3) is 0 Å².